The molecule has 17 heavy (non-hydrogen) atoms. The zero-order valence-electron chi connectivity index (χ0n) is 11.2. The van der Waals surface area contributed by atoms with E-state index in [-0.39, 0.29) is 0 Å². The van der Waals surface area contributed by atoms with Gasteiger partial charge in [-0.25, -0.2) is 0 Å². The summed E-state index contributed by atoms with van der Waals surface area (Å²) in [5.41, 5.74) is 5.98. The molecule has 0 bridgehead atoms. The van der Waals surface area contributed by atoms with Gasteiger partial charge in [0.25, 0.3) is 0 Å². The van der Waals surface area contributed by atoms with Crippen molar-refractivity contribution in [2.45, 2.75) is 38.7 Å². The van der Waals surface area contributed by atoms with Crippen LogP contribution in [0.4, 0.5) is 0 Å². The molecule has 0 spiro atoms. The lowest BCUT2D eigenvalue weighted by Crippen LogP contribution is -2.21. The van der Waals surface area contributed by atoms with Gasteiger partial charge in [0.2, 0.25) is 0 Å². The highest BCUT2D eigenvalue weighted by molar-refractivity contribution is 6.76. The van der Waals surface area contributed by atoms with Crippen molar-refractivity contribution in [2.24, 2.45) is 0 Å². The zero-order valence-corrected chi connectivity index (χ0v) is 12.2. The predicted octanol–water partition coefficient (Wildman–Crippen LogP) is 4.08. The Hall–Kier alpha value is -1.08. The predicted molar refractivity (Wildman–Crippen MR) is 76.9 cm³/mol. The van der Waals surface area contributed by atoms with E-state index in [1.165, 1.54) is 5.56 Å². The smallest absolute Gasteiger partial charge is 0.107 e. The monoisotopic (exact) mass is 246 g/mol. The fourth-order valence-electron chi connectivity index (χ4n) is 1.78. The number of benzene rings is 1. The van der Waals surface area contributed by atoms with Gasteiger partial charge in [-0.1, -0.05) is 56.0 Å². The molecule has 1 aromatic rings. The molecule has 1 nitrogen and oxygen atoms in total. The number of aliphatic hydroxyl groups is 1. The summed E-state index contributed by atoms with van der Waals surface area (Å²) >= 11 is 0. The van der Waals surface area contributed by atoms with Crippen LogP contribution >= 0.6 is 0 Å². The van der Waals surface area contributed by atoms with Gasteiger partial charge in [-0.15, -0.1) is 5.73 Å². The molecule has 92 valence electrons. The van der Waals surface area contributed by atoms with Gasteiger partial charge in [0.15, 0.2) is 0 Å². The van der Waals surface area contributed by atoms with Crippen molar-refractivity contribution >= 4 is 8.07 Å². The average molecular weight is 246 g/mol. The van der Waals surface area contributed by atoms with Crippen LogP contribution in [0.1, 0.15) is 17.2 Å². The Kier molecular flexibility index (Phi) is 4.52. The molecule has 0 aromatic heterocycles. The van der Waals surface area contributed by atoms with Gasteiger partial charge >= 0.3 is 0 Å². The highest BCUT2D eigenvalue weighted by Gasteiger charge is 2.21. The highest BCUT2D eigenvalue weighted by Crippen LogP contribution is 2.28. The van der Waals surface area contributed by atoms with E-state index < -0.39 is 14.2 Å². The van der Waals surface area contributed by atoms with E-state index in [9.17, 15) is 5.11 Å². The third-order valence-corrected chi connectivity index (χ3v) is 4.11. The third kappa shape index (κ3) is 4.35. The van der Waals surface area contributed by atoms with Crippen LogP contribution in [-0.4, -0.2) is 13.2 Å². The molecule has 2 heteroatoms. The lowest BCUT2D eigenvalue weighted by Gasteiger charge is -2.21. The Morgan fingerprint density at radius 2 is 1.82 bits per heavy atom. The quantitative estimate of drug-likeness (QED) is 0.627. The second kappa shape index (κ2) is 5.50. The van der Waals surface area contributed by atoms with Crippen LogP contribution in [-0.2, 0) is 0 Å². The Morgan fingerprint density at radius 3 is 2.24 bits per heavy atom. The van der Waals surface area contributed by atoms with E-state index in [1.807, 2.05) is 31.2 Å². The molecule has 0 heterocycles. The first-order chi connectivity index (χ1) is 7.83. The van der Waals surface area contributed by atoms with Crippen molar-refractivity contribution in [3.63, 3.8) is 0 Å². The van der Waals surface area contributed by atoms with Crippen LogP contribution in [0.2, 0.25) is 25.7 Å². The van der Waals surface area contributed by atoms with Crippen molar-refractivity contribution in [1.29, 1.82) is 0 Å². The van der Waals surface area contributed by atoms with Crippen molar-refractivity contribution in [1.82, 2.24) is 0 Å². The topological polar surface area (TPSA) is 20.2 Å². The van der Waals surface area contributed by atoms with Gasteiger partial charge in [-0.3, -0.25) is 0 Å². The van der Waals surface area contributed by atoms with Crippen LogP contribution in [0.3, 0.4) is 0 Å². The first-order valence-corrected chi connectivity index (χ1v) is 9.67. The summed E-state index contributed by atoms with van der Waals surface area (Å²) in [7, 11) is -1.25. The molecule has 0 amide bonds. The minimum Gasteiger partial charge on any atom is -0.383 e. The highest BCUT2D eigenvalue weighted by atomic mass is 28.3. The number of hydrogen-bond donors (Lipinski definition) is 1. The first kappa shape index (κ1) is 14.0. The second-order valence-corrected chi connectivity index (χ2v) is 11.2. The van der Waals surface area contributed by atoms with Gasteiger partial charge in [0.05, 0.1) is 0 Å². The van der Waals surface area contributed by atoms with Gasteiger partial charge in [-0.05, 0) is 18.5 Å². The molecule has 1 aromatic carbocycles. The van der Waals surface area contributed by atoms with Crippen LogP contribution in [0.5, 0.6) is 0 Å². The summed E-state index contributed by atoms with van der Waals surface area (Å²) in [6.45, 7) is 12.6. The third-order valence-electron chi connectivity index (χ3n) is 2.67. The lowest BCUT2D eigenvalue weighted by molar-refractivity contribution is 0.216. The first-order valence-electron chi connectivity index (χ1n) is 5.97. The van der Waals surface area contributed by atoms with E-state index in [2.05, 4.69) is 32.0 Å². The van der Waals surface area contributed by atoms with Crippen molar-refractivity contribution in [2.75, 3.05) is 0 Å². The number of hydrogen-bond acceptors (Lipinski definition) is 1. The average Bonchev–Trinajstić information content (AvgIpc) is 2.25. The maximum absolute atomic E-state index is 10.3. The van der Waals surface area contributed by atoms with E-state index in [0.29, 0.717) is 0 Å². The molecule has 0 fully saturated rings. The SMILES string of the molecule is C=C=C(C[Si](C)(C)C)[C@H](O)c1ccc(C)cc1. The van der Waals surface area contributed by atoms with Crippen LogP contribution < -0.4 is 0 Å². The molecule has 0 radical (unpaired) electrons. The fraction of sp³-hybridized carbons (Fsp3) is 0.400. The number of aryl methyl sites for hydroxylation is 1. The summed E-state index contributed by atoms with van der Waals surface area (Å²) < 4.78 is 0. The molecule has 0 unspecified atom stereocenters. The van der Waals surface area contributed by atoms with Gasteiger partial charge < -0.3 is 5.11 Å². The fourth-order valence-corrected chi connectivity index (χ4v) is 3.24. The van der Waals surface area contributed by atoms with E-state index >= 15 is 0 Å². The second-order valence-electron chi connectivity index (χ2n) is 5.75. The van der Waals surface area contributed by atoms with Crippen molar-refractivity contribution in [3.05, 3.63) is 53.3 Å². The molecule has 0 saturated carbocycles. The maximum Gasteiger partial charge on any atom is 0.107 e. The number of rotatable bonds is 4. The molecular weight excluding hydrogens is 224 g/mol. The van der Waals surface area contributed by atoms with E-state index in [4.69, 9.17) is 0 Å². The van der Waals surface area contributed by atoms with Gasteiger partial charge in [0, 0.05) is 13.6 Å². The normalized spacial score (nSPS) is 13.0. The molecule has 0 aliphatic rings. The van der Waals surface area contributed by atoms with E-state index in [1.54, 1.807) is 0 Å². The summed E-state index contributed by atoms with van der Waals surface area (Å²) in [6.07, 6.45) is -0.556. The Labute approximate surface area is 106 Å². The van der Waals surface area contributed by atoms with Crippen LogP contribution in [0.15, 0.2) is 42.1 Å². The largest absolute Gasteiger partial charge is 0.383 e. The Bertz CT molecular complexity index is 419. The van der Waals surface area contributed by atoms with E-state index in [0.717, 1.165) is 17.2 Å². The Balaban J connectivity index is 2.91. The summed E-state index contributed by atoms with van der Waals surface area (Å²) in [4.78, 5) is 0. The standard InChI is InChI=1S/C15H22OSi/c1-6-13(11-17(3,4)5)15(16)14-9-7-12(2)8-10-14/h7-10,15-16H,1,11H2,2-5H3/t15-/m0/s1. The molecule has 0 aliphatic heterocycles. The summed E-state index contributed by atoms with van der Waals surface area (Å²) in [6, 6.07) is 8.93. The summed E-state index contributed by atoms with van der Waals surface area (Å²) in [5.74, 6) is 0. The molecule has 0 saturated heterocycles. The zero-order chi connectivity index (χ0) is 13.1. The van der Waals surface area contributed by atoms with Crippen molar-refractivity contribution in [3.8, 4) is 0 Å². The molecule has 0 aliphatic carbocycles. The molecule has 1 atom stereocenters. The van der Waals surface area contributed by atoms with Gasteiger partial charge in [-0.2, -0.15) is 0 Å². The van der Waals surface area contributed by atoms with Crippen LogP contribution in [0, 0.1) is 6.92 Å². The van der Waals surface area contributed by atoms with Gasteiger partial charge in [0.1, 0.15) is 6.10 Å². The molecule has 1 rings (SSSR count). The lowest BCUT2D eigenvalue weighted by atomic mass is 10.0. The number of aliphatic hydroxyl groups excluding tert-OH is 1. The van der Waals surface area contributed by atoms with Crippen molar-refractivity contribution < 1.29 is 5.11 Å². The molecule has 1 N–H and O–H groups in total. The summed E-state index contributed by atoms with van der Waals surface area (Å²) in [5, 5.41) is 10.3. The maximum atomic E-state index is 10.3. The molecular formula is C15H22OSi. The van der Waals surface area contributed by atoms with Crippen LogP contribution in [0.25, 0.3) is 0 Å². The minimum absolute atomic E-state index is 0.556. The minimum atomic E-state index is -1.25. The Morgan fingerprint density at radius 1 is 1.29 bits per heavy atom.